The molecule has 3 atom stereocenters. The Bertz CT molecular complexity index is 492. The summed E-state index contributed by atoms with van der Waals surface area (Å²) in [6, 6.07) is 10.5. The molecule has 1 heterocycles. The third-order valence-electron chi connectivity index (χ3n) is 6.25. The highest BCUT2D eigenvalue weighted by Crippen LogP contribution is 2.40. The van der Waals surface area contributed by atoms with E-state index in [2.05, 4.69) is 29.2 Å². The number of fused-ring (bicyclic) bond motifs is 1. The van der Waals surface area contributed by atoms with E-state index >= 15 is 0 Å². The predicted octanol–water partition coefficient (Wildman–Crippen LogP) is 3.66. The number of hydrogen-bond acceptors (Lipinski definition) is 2. The lowest BCUT2D eigenvalue weighted by Crippen LogP contribution is -2.49. The van der Waals surface area contributed by atoms with Crippen LogP contribution in [0.3, 0.4) is 0 Å². The maximum Gasteiger partial charge on any atom is 0.0456 e. The third kappa shape index (κ3) is 2.43. The second-order valence-electron chi connectivity index (χ2n) is 7.32. The second-order valence-corrected chi connectivity index (χ2v) is 7.32. The van der Waals surface area contributed by atoms with Crippen molar-refractivity contribution in [3.63, 3.8) is 0 Å². The zero-order valence-electron chi connectivity index (χ0n) is 13.0. The van der Waals surface area contributed by atoms with Gasteiger partial charge in [0.2, 0.25) is 0 Å². The first kappa shape index (κ1) is 13.8. The van der Waals surface area contributed by atoms with Gasteiger partial charge in [0.05, 0.1) is 0 Å². The molecule has 0 radical (unpaired) electrons. The molecule has 0 aromatic heterocycles. The molecule has 2 aliphatic carbocycles. The monoisotopic (exact) mass is 284 g/mol. The molecule has 114 valence electrons. The molecule has 1 saturated carbocycles. The van der Waals surface area contributed by atoms with Gasteiger partial charge in [0.15, 0.2) is 0 Å². The van der Waals surface area contributed by atoms with Crippen LogP contribution in [0.2, 0.25) is 0 Å². The van der Waals surface area contributed by atoms with Crippen LogP contribution in [0.5, 0.6) is 0 Å². The van der Waals surface area contributed by atoms with Crippen molar-refractivity contribution in [3.8, 4) is 0 Å². The molecule has 2 heteroatoms. The highest BCUT2D eigenvalue weighted by atomic mass is 15.2. The van der Waals surface area contributed by atoms with Crippen LogP contribution in [0.4, 0.5) is 0 Å². The lowest BCUT2D eigenvalue weighted by Gasteiger charge is -2.42. The average molecular weight is 284 g/mol. The van der Waals surface area contributed by atoms with Crippen LogP contribution in [0.25, 0.3) is 0 Å². The summed E-state index contributed by atoms with van der Waals surface area (Å²) in [6.07, 6.45) is 11.1. The smallest absolute Gasteiger partial charge is 0.0456 e. The molecule has 2 nitrogen and oxygen atoms in total. The minimum atomic E-state index is 0.219. The molecule has 21 heavy (non-hydrogen) atoms. The summed E-state index contributed by atoms with van der Waals surface area (Å²) < 4.78 is 0. The van der Waals surface area contributed by atoms with E-state index in [9.17, 15) is 0 Å². The first-order chi connectivity index (χ1) is 10.3. The van der Waals surface area contributed by atoms with Crippen LogP contribution in [0, 0.1) is 5.92 Å². The highest BCUT2D eigenvalue weighted by Gasteiger charge is 2.40. The van der Waals surface area contributed by atoms with E-state index < -0.39 is 0 Å². The summed E-state index contributed by atoms with van der Waals surface area (Å²) in [5, 5.41) is 0. The molecule has 0 amide bonds. The van der Waals surface area contributed by atoms with Gasteiger partial charge in [0.1, 0.15) is 0 Å². The predicted molar refractivity (Wildman–Crippen MR) is 87.2 cm³/mol. The topological polar surface area (TPSA) is 29.3 Å². The maximum absolute atomic E-state index is 6.69. The van der Waals surface area contributed by atoms with E-state index in [4.69, 9.17) is 5.73 Å². The largest absolute Gasteiger partial charge is 0.323 e. The Balaban J connectivity index is 1.56. The van der Waals surface area contributed by atoms with Crippen molar-refractivity contribution in [2.24, 2.45) is 11.7 Å². The van der Waals surface area contributed by atoms with Crippen molar-refractivity contribution < 1.29 is 0 Å². The Labute approximate surface area is 128 Å². The van der Waals surface area contributed by atoms with Crippen LogP contribution in [-0.4, -0.2) is 23.5 Å². The Morgan fingerprint density at radius 3 is 2.57 bits per heavy atom. The second kappa shape index (κ2) is 5.73. The number of nitrogens with zero attached hydrogens (tertiary/aromatic N) is 1. The van der Waals surface area contributed by atoms with Crippen molar-refractivity contribution in [3.05, 3.63) is 35.4 Å². The van der Waals surface area contributed by atoms with Gasteiger partial charge in [-0.1, -0.05) is 37.1 Å². The molecular formula is C19H28N2. The van der Waals surface area contributed by atoms with Gasteiger partial charge < -0.3 is 5.73 Å². The summed E-state index contributed by atoms with van der Waals surface area (Å²) >= 11 is 0. The standard InChI is InChI=1S/C19H28N2/c20-19-16-9-4-3-6-14(16)11-12-18(19)21-13-5-10-17(21)15-7-1-2-8-15/h3-4,6,9,15,17-19H,1-2,5,7-8,10-13,20H2. The molecular weight excluding hydrogens is 256 g/mol. The molecule has 3 aliphatic rings. The molecule has 1 saturated heterocycles. The molecule has 2 fully saturated rings. The lowest BCUT2D eigenvalue weighted by atomic mass is 9.82. The van der Waals surface area contributed by atoms with Crippen molar-refractivity contribution in [1.29, 1.82) is 0 Å². The van der Waals surface area contributed by atoms with Crippen molar-refractivity contribution in [1.82, 2.24) is 4.90 Å². The average Bonchev–Trinajstić information content (AvgIpc) is 3.18. The van der Waals surface area contributed by atoms with E-state index in [-0.39, 0.29) is 6.04 Å². The summed E-state index contributed by atoms with van der Waals surface area (Å²) in [5.41, 5.74) is 9.58. The molecule has 3 unspecified atom stereocenters. The fourth-order valence-corrected chi connectivity index (χ4v) is 5.22. The number of likely N-dealkylation sites (tertiary alicyclic amines) is 1. The summed E-state index contributed by atoms with van der Waals surface area (Å²) in [7, 11) is 0. The van der Waals surface area contributed by atoms with Gasteiger partial charge in [-0.15, -0.1) is 0 Å². The number of nitrogens with two attached hydrogens (primary N) is 1. The SMILES string of the molecule is NC1c2ccccc2CCC1N1CCCC1C1CCCC1. The van der Waals surface area contributed by atoms with E-state index in [1.54, 1.807) is 0 Å². The molecule has 0 spiro atoms. The molecule has 1 aromatic rings. The summed E-state index contributed by atoms with van der Waals surface area (Å²) in [5.74, 6) is 0.955. The molecule has 1 aliphatic heterocycles. The van der Waals surface area contributed by atoms with E-state index in [1.165, 1.54) is 69.0 Å². The Morgan fingerprint density at radius 1 is 0.905 bits per heavy atom. The summed E-state index contributed by atoms with van der Waals surface area (Å²) in [4.78, 5) is 2.82. The number of benzene rings is 1. The van der Waals surface area contributed by atoms with Gasteiger partial charge in [-0.3, -0.25) is 4.90 Å². The fourth-order valence-electron chi connectivity index (χ4n) is 5.22. The fraction of sp³-hybridized carbons (Fsp3) is 0.684. The van der Waals surface area contributed by atoms with Gasteiger partial charge in [0.25, 0.3) is 0 Å². The normalized spacial score (nSPS) is 34.2. The first-order valence-electron chi connectivity index (χ1n) is 8.94. The quantitative estimate of drug-likeness (QED) is 0.898. The number of hydrogen-bond donors (Lipinski definition) is 1. The molecule has 1 aromatic carbocycles. The molecule has 4 rings (SSSR count). The Kier molecular flexibility index (Phi) is 3.76. The third-order valence-corrected chi connectivity index (χ3v) is 6.25. The van der Waals surface area contributed by atoms with Crippen LogP contribution in [-0.2, 0) is 6.42 Å². The minimum Gasteiger partial charge on any atom is -0.323 e. The zero-order valence-corrected chi connectivity index (χ0v) is 13.0. The van der Waals surface area contributed by atoms with Crippen LogP contribution in [0.15, 0.2) is 24.3 Å². The van der Waals surface area contributed by atoms with E-state index in [0.717, 1.165) is 12.0 Å². The van der Waals surface area contributed by atoms with Gasteiger partial charge in [0, 0.05) is 18.1 Å². The van der Waals surface area contributed by atoms with Gasteiger partial charge in [-0.2, -0.15) is 0 Å². The number of rotatable bonds is 2. The van der Waals surface area contributed by atoms with Crippen LogP contribution in [0.1, 0.15) is 62.1 Å². The highest BCUT2D eigenvalue weighted by molar-refractivity contribution is 5.33. The van der Waals surface area contributed by atoms with E-state index in [1.807, 2.05) is 0 Å². The van der Waals surface area contributed by atoms with Gasteiger partial charge in [-0.05, 0) is 62.1 Å². The van der Waals surface area contributed by atoms with Crippen LogP contribution < -0.4 is 5.73 Å². The lowest BCUT2D eigenvalue weighted by molar-refractivity contribution is 0.106. The first-order valence-corrected chi connectivity index (χ1v) is 8.94. The molecule has 2 N–H and O–H groups in total. The number of aryl methyl sites for hydroxylation is 1. The molecule has 0 bridgehead atoms. The van der Waals surface area contributed by atoms with Crippen molar-refractivity contribution in [2.75, 3.05) is 6.54 Å². The summed E-state index contributed by atoms with van der Waals surface area (Å²) in [6.45, 7) is 1.28. The van der Waals surface area contributed by atoms with Crippen LogP contribution >= 0.6 is 0 Å². The van der Waals surface area contributed by atoms with Crippen molar-refractivity contribution in [2.45, 2.75) is 69.5 Å². The van der Waals surface area contributed by atoms with Gasteiger partial charge in [-0.25, -0.2) is 0 Å². The van der Waals surface area contributed by atoms with Crippen molar-refractivity contribution >= 4 is 0 Å². The van der Waals surface area contributed by atoms with Gasteiger partial charge >= 0.3 is 0 Å². The maximum atomic E-state index is 6.69. The van der Waals surface area contributed by atoms with E-state index in [0.29, 0.717) is 6.04 Å². The zero-order chi connectivity index (χ0) is 14.2. The minimum absolute atomic E-state index is 0.219. The Morgan fingerprint density at radius 2 is 1.71 bits per heavy atom. The Hall–Kier alpha value is -0.860.